The van der Waals surface area contributed by atoms with E-state index in [2.05, 4.69) is 34.6 Å². The summed E-state index contributed by atoms with van der Waals surface area (Å²) in [6.45, 7) is 4.25. The van der Waals surface area contributed by atoms with E-state index in [1.165, 1.54) is 11.6 Å². The quantitative estimate of drug-likeness (QED) is 0.519. The summed E-state index contributed by atoms with van der Waals surface area (Å²) in [5.74, 6) is -0.480. The number of halogens is 2. The highest BCUT2D eigenvalue weighted by Crippen LogP contribution is 2.50. The standard InChI is InChI=1S/C27H35F2N3O3/c1-4-5-13-32-14-12-27(18-6-9-23(34-2)24(15-18)35-3)11-10-20(17-25(27)32)31-26(33)30-19-7-8-21(28)22(29)16-19/h6-9,15-16,20,25H,4-5,10-14,17H2,1-3H3,(H2,30,31,33). The van der Waals surface area contributed by atoms with Crippen LogP contribution in [0.15, 0.2) is 36.4 Å². The maximum Gasteiger partial charge on any atom is 0.319 e. The number of nitrogens with zero attached hydrogens (tertiary/aromatic N) is 1. The second-order valence-corrected chi connectivity index (χ2v) is 9.58. The molecule has 1 aliphatic carbocycles. The smallest absolute Gasteiger partial charge is 0.319 e. The van der Waals surface area contributed by atoms with Crippen LogP contribution in [0.4, 0.5) is 19.3 Å². The van der Waals surface area contributed by atoms with Crippen LogP contribution in [0, 0.1) is 11.6 Å². The fourth-order valence-corrected chi connectivity index (χ4v) is 5.81. The van der Waals surface area contributed by atoms with E-state index in [1.54, 1.807) is 14.2 Å². The van der Waals surface area contributed by atoms with Crippen molar-refractivity contribution in [3.63, 3.8) is 0 Å². The van der Waals surface area contributed by atoms with E-state index in [-0.39, 0.29) is 23.2 Å². The van der Waals surface area contributed by atoms with Gasteiger partial charge in [-0.2, -0.15) is 0 Å². The van der Waals surface area contributed by atoms with Gasteiger partial charge in [-0.25, -0.2) is 13.6 Å². The maximum atomic E-state index is 13.5. The Morgan fingerprint density at radius 1 is 1.09 bits per heavy atom. The molecule has 0 aromatic heterocycles. The van der Waals surface area contributed by atoms with Gasteiger partial charge in [-0.3, -0.25) is 4.90 Å². The number of carbonyl (C=O) groups is 1. The first kappa shape index (κ1) is 25.2. The largest absolute Gasteiger partial charge is 0.493 e. The summed E-state index contributed by atoms with van der Waals surface area (Å²) in [4.78, 5) is 15.2. The normalized spacial score (nSPS) is 24.0. The van der Waals surface area contributed by atoms with Crippen LogP contribution in [0.25, 0.3) is 0 Å². The minimum Gasteiger partial charge on any atom is -0.493 e. The summed E-state index contributed by atoms with van der Waals surface area (Å²) >= 11 is 0. The summed E-state index contributed by atoms with van der Waals surface area (Å²) in [6, 6.07) is 9.46. The minimum atomic E-state index is -0.988. The number of carbonyl (C=O) groups excluding carboxylic acids is 1. The number of hydrogen-bond acceptors (Lipinski definition) is 4. The Morgan fingerprint density at radius 2 is 1.89 bits per heavy atom. The molecule has 1 heterocycles. The SMILES string of the molecule is CCCCN1CCC2(c3ccc(OC)c(OC)c3)CCC(NC(=O)Nc3ccc(F)c(F)c3)CC12. The lowest BCUT2D eigenvalue weighted by atomic mass is 9.65. The number of methoxy groups -OCH3 is 2. The molecule has 2 fully saturated rings. The Hall–Kier alpha value is -2.87. The molecule has 0 spiro atoms. The number of rotatable bonds is 8. The van der Waals surface area contributed by atoms with Crippen LogP contribution in [0.3, 0.4) is 0 Å². The van der Waals surface area contributed by atoms with E-state index in [0.29, 0.717) is 5.75 Å². The molecule has 3 unspecified atom stereocenters. The average Bonchev–Trinajstić information content (AvgIpc) is 3.23. The fraction of sp³-hybridized carbons (Fsp3) is 0.519. The van der Waals surface area contributed by atoms with Crippen molar-refractivity contribution in [3.05, 3.63) is 53.6 Å². The van der Waals surface area contributed by atoms with Crippen molar-refractivity contribution in [3.8, 4) is 11.5 Å². The first-order valence-electron chi connectivity index (χ1n) is 12.4. The summed E-state index contributed by atoms with van der Waals surface area (Å²) in [6.07, 6.45) is 5.91. The predicted octanol–water partition coefficient (Wildman–Crippen LogP) is 5.47. The number of ether oxygens (including phenoxy) is 2. The molecule has 4 rings (SSSR count). The molecule has 0 bridgehead atoms. The summed E-state index contributed by atoms with van der Waals surface area (Å²) in [7, 11) is 3.30. The van der Waals surface area contributed by atoms with Crippen molar-refractivity contribution in [1.82, 2.24) is 10.2 Å². The number of unbranched alkanes of at least 4 members (excludes halogenated alkanes) is 1. The van der Waals surface area contributed by atoms with E-state index in [0.717, 1.165) is 69.5 Å². The lowest BCUT2D eigenvalue weighted by Gasteiger charge is -2.45. The molecule has 2 amide bonds. The molecule has 8 heteroatoms. The van der Waals surface area contributed by atoms with E-state index in [9.17, 15) is 13.6 Å². The zero-order chi connectivity index (χ0) is 25.0. The Bertz CT molecular complexity index is 1050. The molecule has 190 valence electrons. The van der Waals surface area contributed by atoms with E-state index in [1.807, 2.05) is 6.07 Å². The Morgan fingerprint density at radius 3 is 2.60 bits per heavy atom. The number of fused-ring (bicyclic) bond motifs is 1. The van der Waals surface area contributed by atoms with Crippen molar-refractivity contribution in [2.45, 2.75) is 62.9 Å². The van der Waals surface area contributed by atoms with Gasteiger partial charge in [0.15, 0.2) is 23.1 Å². The lowest BCUT2D eigenvalue weighted by Crippen LogP contribution is -2.53. The maximum absolute atomic E-state index is 13.5. The summed E-state index contributed by atoms with van der Waals surface area (Å²) < 4.78 is 37.8. The monoisotopic (exact) mass is 487 g/mol. The number of anilines is 1. The van der Waals surface area contributed by atoms with Gasteiger partial charge in [-0.1, -0.05) is 19.4 Å². The molecule has 35 heavy (non-hydrogen) atoms. The number of likely N-dealkylation sites (tertiary alicyclic amines) is 1. The van der Waals surface area contributed by atoms with Gasteiger partial charge in [0.2, 0.25) is 0 Å². The summed E-state index contributed by atoms with van der Waals surface area (Å²) in [5.41, 5.74) is 1.47. The van der Waals surface area contributed by atoms with Crippen molar-refractivity contribution in [1.29, 1.82) is 0 Å². The van der Waals surface area contributed by atoms with Crippen LogP contribution in [-0.4, -0.2) is 50.3 Å². The minimum absolute atomic E-state index is 0.0119. The molecule has 2 aliphatic rings. The van der Waals surface area contributed by atoms with Crippen LogP contribution in [0.2, 0.25) is 0 Å². The van der Waals surface area contributed by atoms with Crippen molar-refractivity contribution >= 4 is 11.7 Å². The topological polar surface area (TPSA) is 62.8 Å². The molecular formula is C27H35F2N3O3. The highest BCUT2D eigenvalue weighted by Gasteiger charge is 2.51. The fourth-order valence-electron chi connectivity index (χ4n) is 5.81. The van der Waals surface area contributed by atoms with Gasteiger partial charge in [0, 0.05) is 29.3 Å². The third-order valence-electron chi connectivity index (χ3n) is 7.64. The Labute approximate surface area is 206 Å². The van der Waals surface area contributed by atoms with Gasteiger partial charge in [0.1, 0.15) is 0 Å². The van der Waals surface area contributed by atoms with Gasteiger partial charge >= 0.3 is 6.03 Å². The van der Waals surface area contributed by atoms with E-state index < -0.39 is 17.7 Å². The Balaban J connectivity index is 1.52. The second kappa shape index (κ2) is 10.8. The summed E-state index contributed by atoms with van der Waals surface area (Å²) in [5, 5.41) is 5.69. The third kappa shape index (κ3) is 5.22. The number of hydrogen-bond donors (Lipinski definition) is 2. The van der Waals surface area contributed by atoms with Gasteiger partial charge in [-0.15, -0.1) is 0 Å². The van der Waals surface area contributed by atoms with Gasteiger partial charge in [0.05, 0.1) is 14.2 Å². The molecule has 1 aliphatic heterocycles. The van der Waals surface area contributed by atoms with E-state index >= 15 is 0 Å². The van der Waals surface area contributed by atoms with Crippen LogP contribution < -0.4 is 20.1 Å². The molecule has 2 N–H and O–H groups in total. The van der Waals surface area contributed by atoms with Crippen molar-refractivity contribution in [2.24, 2.45) is 0 Å². The predicted molar refractivity (Wildman–Crippen MR) is 132 cm³/mol. The van der Waals surface area contributed by atoms with Crippen LogP contribution in [0.5, 0.6) is 11.5 Å². The first-order valence-corrected chi connectivity index (χ1v) is 12.4. The zero-order valence-electron chi connectivity index (χ0n) is 20.7. The number of nitrogens with one attached hydrogen (secondary N) is 2. The first-order chi connectivity index (χ1) is 16.9. The molecule has 1 saturated carbocycles. The van der Waals surface area contributed by atoms with Gasteiger partial charge in [0.25, 0.3) is 0 Å². The number of benzene rings is 2. The van der Waals surface area contributed by atoms with Crippen molar-refractivity contribution in [2.75, 3.05) is 32.6 Å². The second-order valence-electron chi connectivity index (χ2n) is 9.58. The van der Waals surface area contributed by atoms with E-state index in [4.69, 9.17) is 9.47 Å². The van der Waals surface area contributed by atoms with Gasteiger partial charge < -0.3 is 20.1 Å². The molecule has 6 nitrogen and oxygen atoms in total. The molecular weight excluding hydrogens is 452 g/mol. The van der Waals surface area contributed by atoms with Gasteiger partial charge in [-0.05, 0) is 75.0 Å². The lowest BCUT2D eigenvalue weighted by molar-refractivity contribution is 0.135. The third-order valence-corrected chi connectivity index (χ3v) is 7.64. The zero-order valence-corrected chi connectivity index (χ0v) is 20.7. The van der Waals surface area contributed by atoms with Crippen LogP contribution in [-0.2, 0) is 5.41 Å². The van der Waals surface area contributed by atoms with Crippen LogP contribution in [0.1, 0.15) is 51.0 Å². The average molecular weight is 488 g/mol. The molecule has 1 saturated heterocycles. The highest BCUT2D eigenvalue weighted by molar-refractivity contribution is 5.89. The number of amides is 2. The highest BCUT2D eigenvalue weighted by atomic mass is 19.2. The number of urea groups is 1. The molecule has 0 radical (unpaired) electrons. The van der Waals surface area contributed by atoms with Crippen LogP contribution >= 0.6 is 0 Å². The Kier molecular flexibility index (Phi) is 7.79. The molecule has 3 atom stereocenters. The molecule has 2 aromatic carbocycles. The van der Waals surface area contributed by atoms with Crippen molar-refractivity contribution < 1.29 is 23.0 Å². The molecule has 2 aromatic rings.